The van der Waals surface area contributed by atoms with Crippen LogP contribution >= 0.6 is 15.9 Å². The van der Waals surface area contributed by atoms with E-state index < -0.39 is 0 Å². The van der Waals surface area contributed by atoms with Crippen molar-refractivity contribution in [2.24, 2.45) is 0 Å². The number of hydrogen-bond acceptors (Lipinski definition) is 5. The average molecular weight is 325 g/mol. The average Bonchev–Trinajstić information content (AvgIpc) is 2.45. The van der Waals surface area contributed by atoms with E-state index in [1.165, 1.54) is 0 Å². The van der Waals surface area contributed by atoms with Gasteiger partial charge in [0.15, 0.2) is 16.2 Å². The van der Waals surface area contributed by atoms with Crippen LogP contribution in [0.2, 0.25) is 0 Å². The first-order valence-electron chi connectivity index (χ1n) is 5.48. The summed E-state index contributed by atoms with van der Waals surface area (Å²) in [5.74, 6) is 1.88. The molecule has 1 aromatic carbocycles. The van der Waals surface area contributed by atoms with Gasteiger partial charge in [-0.15, -0.1) is 0 Å². The maximum Gasteiger partial charge on any atom is 0.197 e. The number of hydrogen-bond donors (Lipinski definition) is 0. The van der Waals surface area contributed by atoms with Crippen LogP contribution in [0.5, 0.6) is 17.2 Å². The number of rotatable bonds is 4. The SMILES string of the molecule is COc1cc(OC)c(-c2ccnc(Br)n2)cc1OC. The zero-order chi connectivity index (χ0) is 13.8. The molecule has 0 atom stereocenters. The molecule has 0 aliphatic heterocycles. The van der Waals surface area contributed by atoms with Gasteiger partial charge in [0.25, 0.3) is 0 Å². The van der Waals surface area contributed by atoms with Gasteiger partial charge in [-0.25, -0.2) is 9.97 Å². The molecule has 0 unspecified atom stereocenters. The van der Waals surface area contributed by atoms with Crippen molar-refractivity contribution in [1.82, 2.24) is 9.97 Å². The summed E-state index contributed by atoms with van der Waals surface area (Å²) >= 11 is 3.25. The van der Waals surface area contributed by atoms with Crippen LogP contribution < -0.4 is 14.2 Å². The molecule has 0 amide bonds. The molecular weight excluding hydrogens is 312 g/mol. The van der Waals surface area contributed by atoms with Gasteiger partial charge in [-0.05, 0) is 28.1 Å². The van der Waals surface area contributed by atoms with Crippen molar-refractivity contribution in [3.05, 3.63) is 29.1 Å². The molecular formula is C13H13BrN2O3. The predicted molar refractivity (Wildman–Crippen MR) is 74.8 cm³/mol. The van der Waals surface area contributed by atoms with Crippen molar-refractivity contribution in [1.29, 1.82) is 0 Å². The molecule has 6 heteroatoms. The molecule has 0 spiro atoms. The van der Waals surface area contributed by atoms with Crippen LogP contribution in [0, 0.1) is 0 Å². The van der Waals surface area contributed by atoms with E-state index in [1.807, 2.05) is 6.07 Å². The molecule has 5 nitrogen and oxygen atoms in total. The third-order valence-corrected chi connectivity index (χ3v) is 2.99. The highest BCUT2D eigenvalue weighted by Gasteiger charge is 2.14. The predicted octanol–water partition coefficient (Wildman–Crippen LogP) is 2.93. The van der Waals surface area contributed by atoms with Gasteiger partial charge in [0.2, 0.25) is 0 Å². The van der Waals surface area contributed by atoms with Crippen molar-refractivity contribution < 1.29 is 14.2 Å². The molecule has 0 aliphatic carbocycles. The molecule has 0 aliphatic rings. The number of halogens is 1. The van der Waals surface area contributed by atoms with Crippen molar-refractivity contribution in [2.75, 3.05) is 21.3 Å². The largest absolute Gasteiger partial charge is 0.496 e. The second kappa shape index (κ2) is 5.88. The van der Waals surface area contributed by atoms with Crippen molar-refractivity contribution in [3.63, 3.8) is 0 Å². The van der Waals surface area contributed by atoms with Gasteiger partial charge in [0, 0.05) is 17.8 Å². The highest BCUT2D eigenvalue weighted by atomic mass is 79.9. The first-order valence-corrected chi connectivity index (χ1v) is 6.27. The van der Waals surface area contributed by atoms with Crippen molar-refractivity contribution in [3.8, 4) is 28.5 Å². The molecule has 0 radical (unpaired) electrons. The van der Waals surface area contributed by atoms with E-state index in [9.17, 15) is 0 Å². The minimum absolute atomic E-state index is 0.516. The molecule has 2 aromatic rings. The van der Waals surface area contributed by atoms with E-state index in [2.05, 4.69) is 25.9 Å². The maximum absolute atomic E-state index is 5.37. The fraction of sp³-hybridized carbons (Fsp3) is 0.231. The Morgan fingerprint density at radius 1 is 0.947 bits per heavy atom. The fourth-order valence-corrected chi connectivity index (χ4v) is 2.02. The van der Waals surface area contributed by atoms with Crippen LogP contribution in [0.4, 0.5) is 0 Å². The lowest BCUT2D eigenvalue weighted by molar-refractivity contribution is 0.349. The summed E-state index contributed by atoms with van der Waals surface area (Å²) in [4.78, 5) is 8.32. The summed E-state index contributed by atoms with van der Waals surface area (Å²) in [6, 6.07) is 5.39. The third kappa shape index (κ3) is 2.78. The highest BCUT2D eigenvalue weighted by molar-refractivity contribution is 9.10. The minimum Gasteiger partial charge on any atom is -0.496 e. The van der Waals surface area contributed by atoms with Gasteiger partial charge in [-0.3, -0.25) is 0 Å². The molecule has 2 rings (SSSR count). The Morgan fingerprint density at radius 3 is 2.16 bits per heavy atom. The number of nitrogens with zero attached hydrogens (tertiary/aromatic N) is 2. The summed E-state index contributed by atoms with van der Waals surface area (Å²) in [5, 5.41) is 0. The Labute approximate surface area is 119 Å². The van der Waals surface area contributed by atoms with Crippen LogP contribution in [0.1, 0.15) is 0 Å². The third-order valence-electron chi connectivity index (χ3n) is 2.61. The summed E-state index contributed by atoms with van der Waals surface area (Å²) in [6.45, 7) is 0. The molecule has 0 N–H and O–H groups in total. The van der Waals surface area contributed by atoms with E-state index in [0.717, 1.165) is 11.3 Å². The van der Waals surface area contributed by atoms with Crippen LogP contribution in [0.3, 0.4) is 0 Å². The topological polar surface area (TPSA) is 53.5 Å². The van der Waals surface area contributed by atoms with Crippen LogP contribution in [-0.4, -0.2) is 31.3 Å². The van der Waals surface area contributed by atoms with E-state index in [1.54, 1.807) is 39.7 Å². The Morgan fingerprint density at radius 2 is 1.58 bits per heavy atom. The zero-order valence-corrected chi connectivity index (χ0v) is 12.4. The lowest BCUT2D eigenvalue weighted by atomic mass is 10.1. The van der Waals surface area contributed by atoms with E-state index in [0.29, 0.717) is 22.0 Å². The molecule has 0 saturated heterocycles. The van der Waals surface area contributed by atoms with Gasteiger partial charge in [0.05, 0.1) is 27.0 Å². The van der Waals surface area contributed by atoms with E-state index >= 15 is 0 Å². The van der Waals surface area contributed by atoms with Crippen molar-refractivity contribution in [2.45, 2.75) is 0 Å². The lowest BCUT2D eigenvalue weighted by Gasteiger charge is -2.13. The Hall–Kier alpha value is -1.82. The summed E-state index contributed by atoms with van der Waals surface area (Å²) in [5.41, 5.74) is 1.54. The highest BCUT2D eigenvalue weighted by Crippen LogP contribution is 2.39. The molecule has 0 bridgehead atoms. The van der Waals surface area contributed by atoms with E-state index in [4.69, 9.17) is 14.2 Å². The smallest absolute Gasteiger partial charge is 0.197 e. The molecule has 1 heterocycles. The van der Waals surface area contributed by atoms with Crippen LogP contribution in [0.25, 0.3) is 11.3 Å². The van der Waals surface area contributed by atoms with Crippen molar-refractivity contribution >= 4 is 15.9 Å². The molecule has 19 heavy (non-hydrogen) atoms. The lowest BCUT2D eigenvalue weighted by Crippen LogP contribution is -1.96. The number of aromatic nitrogens is 2. The second-order valence-electron chi connectivity index (χ2n) is 3.62. The molecule has 0 saturated carbocycles. The minimum atomic E-state index is 0.516. The number of methoxy groups -OCH3 is 3. The summed E-state index contributed by atoms with van der Waals surface area (Å²) in [7, 11) is 4.77. The standard InChI is InChI=1S/C13H13BrN2O3/c1-17-10-7-12(19-3)11(18-2)6-8(10)9-4-5-15-13(14)16-9/h4-7H,1-3H3. The first-order chi connectivity index (χ1) is 9.19. The quantitative estimate of drug-likeness (QED) is 0.809. The molecule has 0 fully saturated rings. The number of ether oxygens (including phenoxy) is 3. The number of benzene rings is 1. The monoisotopic (exact) mass is 324 g/mol. The second-order valence-corrected chi connectivity index (χ2v) is 4.33. The Kier molecular flexibility index (Phi) is 4.21. The Balaban J connectivity index is 2.61. The normalized spacial score (nSPS) is 10.1. The first kappa shape index (κ1) is 13.6. The van der Waals surface area contributed by atoms with Gasteiger partial charge in [-0.1, -0.05) is 0 Å². The van der Waals surface area contributed by atoms with Gasteiger partial charge in [-0.2, -0.15) is 0 Å². The van der Waals surface area contributed by atoms with Gasteiger partial charge < -0.3 is 14.2 Å². The molecule has 1 aromatic heterocycles. The zero-order valence-electron chi connectivity index (χ0n) is 10.8. The molecule has 100 valence electrons. The van der Waals surface area contributed by atoms with Crippen LogP contribution in [-0.2, 0) is 0 Å². The van der Waals surface area contributed by atoms with E-state index in [-0.39, 0.29) is 0 Å². The maximum atomic E-state index is 5.37. The van der Waals surface area contributed by atoms with Gasteiger partial charge >= 0.3 is 0 Å². The van der Waals surface area contributed by atoms with Crippen LogP contribution in [0.15, 0.2) is 29.1 Å². The fourth-order valence-electron chi connectivity index (χ4n) is 1.71. The van der Waals surface area contributed by atoms with Gasteiger partial charge in [0.1, 0.15) is 5.75 Å². The summed E-state index contributed by atoms with van der Waals surface area (Å²) < 4.78 is 16.4. The summed E-state index contributed by atoms with van der Waals surface area (Å²) in [6.07, 6.45) is 1.67. The Bertz CT molecular complexity index is 590.